The summed E-state index contributed by atoms with van der Waals surface area (Å²) in [5.74, 6) is 0.422. The highest BCUT2D eigenvalue weighted by atomic mass is 32.2. The van der Waals surface area contributed by atoms with E-state index in [2.05, 4.69) is 0 Å². The maximum atomic E-state index is 12.2. The Kier molecular flexibility index (Phi) is 7.08. The van der Waals surface area contributed by atoms with Crippen molar-refractivity contribution in [2.24, 2.45) is 5.41 Å². The topological polar surface area (TPSA) is 85.8 Å². The van der Waals surface area contributed by atoms with Crippen molar-refractivity contribution in [3.8, 4) is 5.75 Å². The monoisotopic (exact) mass is 466 g/mol. The van der Waals surface area contributed by atoms with Crippen LogP contribution in [0.25, 0.3) is 0 Å². The number of hydrogen-bond acceptors (Lipinski definition) is 8. The van der Waals surface area contributed by atoms with E-state index < -0.39 is 21.1 Å². The quantitative estimate of drug-likeness (QED) is 0.644. The number of rotatable bonds is 6. The van der Waals surface area contributed by atoms with Gasteiger partial charge in [0.1, 0.15) is 11.4 Å². The van der Waals surface area contributed by atoms with E-state index in [0.717, 1.165) is 22.7 Å². The SMILES string of the molecule is Cc1sc(C2CCN(OC(=O)C(C)(C)C)CC2)nc1C(C)(Oc1ccccc1)[SH](=O)=O. The number of aromatic nitrogens is 1. The highest BCUT2D eigenvalue weighted by Crippen LogP contribution is 2.38. The number of nitrogens with zero attached hydrogens (tertiary/aromatic N) is 2. The molecule has 1 aliphatic rings. The fraction of sp³-hybridized carbons (Fsp3) is 0.545. The van der Waals surface area contributed by atoms with Crippen molar-refractivity contribution in [1.82, 2.24) is 10.0 Å². The third-order valence-corrected chi connectivity index (χ3v) is 7.42. The van der Waals surface area contributed by atoms with Crippen LogP contribution in [-0.2, 0) is 25.3 Å². The predicted octanol–water partition coefficient (Wildman–Crippen LogP) is 4.00. The minimum Gasteiger partial charge on any atom is -0.466 e. The summed E-state index contributed by atoms with van der Waals surface area (Å²) in [5, 5.41) is 2.61. The van der Waals surface area contributed by atoms with Crippen LogP contribution in [0.4, 0.5) is 0 Å². The summed E-state index contributed by atoms with van der Waals surface area (Å²) >= 11 is 1.51. The van der Waals surface area contributed by atoms with Crippen molar-refractivity contribution < 1.29 is 22.8 Å². The van der Waals surface area contributed by atoms with Gasteiger partial charge in [0.15, 0.2) is 10.7 Å². The Morgan fingerprint density at radius 2 is 1.74 bits per heavy atom. The summed E-state index contributed by atoms with van der Waals surface area (Å²) in [6, 6.07) is 8.90. The van der Waals surface area contributed by atoms with Gasteiger partial charge in [-0.3, -0.25) is 0 Å². The standard InChI is InChI=1S/C22H30N2O5S2/c1-15-18(22(5,31(26)27)28-17-9-7-6-8-10-17)23-19(30-15)16-11-13-24(14-12-16)29-20(25)21(2,3)4/h6-10,16,31H,11-14H2,1-5H3. The van der Waals surface area contributed by atoms with E-state index in [9.17, 15) is 13.2 Å². The molecule has 31 heavy (non-hydrogen) atoms. The summed E-state index contributed by atoms with van der Waals surface area (Å²) < 4.78 is 30.3. The van der Waals surface area contributed by atoms with Crippen LogP contribution in [0, 0.1) is 12.3 Å². The molecule has 0 spiro atoms. The van der Waals surface area contributed by atoms with Gasteiger partial charge in [0.05, 0.1) is 10.4 Å². The second-order valence-corrected chi connectivity index (χ2v) is 11.5. The minimum atomic E-state index is -2.94. The number of hydroxylamine groups is 2. The van der Waals surface area contributed by atoms with Crippen LogP contribution in [0.3, 0.4) is 0 Å². The van der Waals surface area contributed by atoms with E-state index in [1.807, 2.05) is 33.8 Å². The van der Waals surface area contributed by atoms with Crippen molar-refractivity contribution in [3.63, 3.8) is 0 Å². The molecule has 9 heteroatoms. The molecule has 1 atom stereocenters. The molecule has 0 radical (unpaired) electrons. The molecule has 0 bridgehead atoms. The molecule has 1 unspecified atom stereocenters. The molecule has 0 aliphatic carbocycles. The van der Waals surface area contributed by atoms with Gasteiger partial charge >= 0.3 is 5.97 Å². The third-order valence-electron chi connectivity index (χ3n) is 5.29. The summed E-state index contributed by atoms with van der Waals surface area (Å²) in [7, 11) is -2.94. The lowest BCUT2D eigenvalue weighted by Gasteiger charge is -2.31. The van der Waals surface area contributed by atoms with Gasteiger partial charge in [-0.25, -0.2) is 18.2 Å². The second kappa shape index (κ2) is 9.26. The van der Waals surface area contributed by atoms with Crippen molar-refractivity contribution >= 4 is 28.0 Å². The van der Waals surface area contributed by atoms with E-state index in [4.69, 9.17) is 14.6 Å². The Labute approximate surface area is 189 Å². The molecule has 2 aromatic rings. The van der Waals surface area contributed by atoms with Crippen LogP contribution in [0.1, 0.15) is 62.0 Å². The van der Waals surface area contributed by atoms with Gasteiger partial charge in [-0.05, 0) is 59.6 Å². The zero-order valence-electron chi connectivity index (χ0n) is 18.6. The molecule has 170 valence electrons. The van der Waals surface area contributed by atoms with Crippen LogP contribution in [-0.4, -0.2) is 37.5 Å². The lowest BCUT2D eigenvalue weighted by atomic mass is 9.97. The van der Waals surface area contributed by atoms with E-state index in [0.29, 0.717) is 24.5 Å². The molecule has 1 saturated heterocycles. The first-order chi connectivity index (χ1) is 14.5. The average Bonchev–Trinajstić information content (AvgIpc) is 3.10. The van der Waals surface area contributed by atoms with Gasteiger partial charge in [0.25, 0.3) is 0 Å². The summed E-state index contributed by atoms with van der Waals surface area (Å²) in [6.07, 6.45) is 1.56. The number of hydrogen-bond donors (Lipinski definition) is 1. The second-order valence-electron chi connectivity index (χ2n) is 8.94. The molecule has 1 aromatic heterocycles. The molecular weight excluding hydrogens is 436 g/mol. The first kappa shape index (κ1) is 23.7. The fourth-order valence-corrected chi connectivity index (χ4v) is 5.20. The number of benzene rings is 1. The van der Waals surface area contributed by atoms with Crippen LogP contribution in [0.2, 0.25) is 0 Å². The summed E-state index contributed by atoms with van der Waals surface area (Å²) in [4.78, 5) is 21.6. The van der Waals surface area contributed by atoms with E-state index in [1.165, 1.54) is 11.3 Å². The van der Waals surface area contributed by atoms with Gasteiger partial charge in [0.2, 0.25) is 4.93 Å². The van der Waals surface area contributed by atoms with E-state index >= 15 is 0 Å². The summed E-state index contributed by atoms with van der Waals surface area (Å²) in [6.45, 7) is 10.2. The van der Waals surface area contributed by atoms with E-state index in [1.54, 1.807) is 36.3 Å². The third kappa shape index (κ3) is 5.45. The smallest absolute Gasteiger partial charge is 0.330 e. The number of thiazole rings is 1. The number of carbonyl (C=O) groups is 1. The van der Waals surface area contributed by atoms with Gasteiger partial charge < -0.3 is 9.57 Å². The number of carbonyl (C=O) groups excluding carboxylic acids is 1. The number of thiol groups is 1. The Hall–Kier alpha value is -1.97. The highest BCUT2D eigenvalue weighted by molar-refractivity contribution is 7.73. The van der Waals surface area contributed by atoms with Crippen molar-refractivity contribution in [1.29, 1.82) is 0 Å². The van der Waals surface area contributed by atoms with Crippen molar-refractivity contribution in [2.75, 3.05) is 13.1 Å². The normalized spacial score (nSPS) is 18.0. The molecule has 1 fully saturated rings. The van der Waals surface area contributed by atoms with Crippen molar-refractivity contribution in [2.45, 2.75) is 58.3 Å². The Morgan fingerprint density at radius 3 is 2.29 bits per heavy atom. The zero-order chi connectivity index (χ0) is 22.8. The highest BCUT2D eigenvalue weighted by Gasteiger charge is 2.39. The number of para-hydroxylation sites is 1. The molecule has 2 heterocycles. The number of piperidine rings is 1. The largest absolute Gasteiger partial charge is 0.466 e. The first-order valence-corrected chi connectivity index (χ1v) is 12.3. The van der Waals surface area contributed by atoms with Crippen molar-refractivity contribution in [3.05, 3.63) is 45.9 Å². The molecule has 0 amide bonds. The number of aryl methyl sites for hydroxylation is 1. The molecule has 1 aliphatic heterocycles. The van der Waals surface area contributed by atoms with Crippen LogP contribution < -0.4 is 4.74 Å². The Morgan fingerprint density at radius 1 is 1.13 bits per heavy atom. The Balaban J connectivity index is 1.74. The van der Waals surface area contributed by atoms with Gasteiger partial charge in [0, 0.05) is 23.9 Å². The Bertz CT molecular complexity index is 981. The summed E-state index contributed by atoms with van der Waals surface area (Å²) in [5.41, 5.74) is -0.106. The molecule has 1 aromatic carbocycles. The molecule has 3 rings (SSSR count). The average molecular weight is 467 g/mol. The van der Waals surface area contributed by atoms with Gasteiger partial charge in [-0.1, -0.05) is 18.2 Å². The lowest BCUT2D eigenvalue weighted by molar-refractivity contribution is -0.204. The van der Waals surface area contributed by atoms with Gasteiger partial charge in [-0.2, -0.15) is 0 Å². The maximum absolute atomic E-state index is 12.2. The van der Waals surface area contributed by atoms with Gasteiger partial charge in [-0.15, -0.1) is 16.4 Å². The number of ether oxygens (including phenoxy) is 1. The molecule has 0 N–H and O–H groups in total. The predicted molar refractivity (Wildman–Crippen MR) is 121 cm³/mol. The van der Waals surface area contributed by atoms with Crippen LogP contribution >= 0.6 is 11.3 Å². The zero-order valence-corrected chi connectivity index (χ0v) is 20.3. The first-order valence-electron chi connectivity index (χ1n) is 10.3. The molecule has 0 saturated carbocycles. The van der Waals surface area contributed by atoms with Crippen LogP contribution in [0.5, 0.6) is 5.75 Å². The molecular formula is C22H30N2O5S2. The maximum Gasteiger partial charge on any atom is 0.330 e. The minimum absolute atomic E-state index is 0.188. The fourth-order valence-electron chi connectivity index (χ4n) is 3.36. The van der Waals surface area contributed by atoms with Crippen LogP contribution in [0.15, 0.2) is 30.3 Å². The lowest BCUT2D eigenvalue weighted by Crippen LogP contribution is -2.38. The van der Waals surface area contributed by atoms with E-state index in [-0.39, 0.29) is 11.9 Å². The molecule has 7 nitrogen and oxygen atoms in total.